The summed E-state index contributed by atoms with van der Waals surface area (Å²) in [7, 11) is 0.548. The number of nitrogens with zero attached hydrogens (tertiary/aromatic N) is 2. The Labute approximate surface area is 775 Å². The van der Waals surface area contributed by atoms with E-state index < -0.39 is 145 Å². The molecule has 0 heterocycles. The molecule has 0 fully saturated rings. The number of halogens is 5. The first-order valence-corrected chi connectivity index (χ1v) is 45.5. The Morgan fingerprint density at radius 3 is 0.817 bits per heavy atom. The maximum Gasteiger partial charge on any atom is 0.339 e. The number of hydrogen-bond acceptors (Lipinski definition) is 25. The van der Waals surface area contributed by atoms with Crippen LogP contribution in [0.15, 0.2) is 262 Å². The zero-order valence-corrected chi connectivity index (χ0v) is 77.0. The number of aromatic hydroxyl groups is 4. The third kappa shape index (κ3) is 27.3. The third-order valence-electron chi connectivity index (χ3n) is 17.8. The van der Waals surface area contributed by atoms with Crippen LogP contribution in [0.4, 0.5) is 22.7 Å². The summed E-state index contributed by atoms with van der Waals surface area (Å²) in [5.41, 5.74) is 11.1. The van der Waals surface area contributed by atoms with Crippen LogP contribution in [0.25, 0.3) is 44.5 Å². The summed E-state index contributed by atoms with van der Waals surface area (Å²) in [5, 5.41) is 68.6. The molecule has 0 unspecified atom stereocenters. The number of carboxylic acids is 3. The van der Waals surface area contributed by atoms with Crippen LogP contribution in [0.2, 0.25) is 20.1 Å². The van der Waals surface area contributed by atoms with Gasteiger partial charge < -0.3 is 70.8 Å². The van der Waals surface area contributed by atoms with E-state index in [2.05, 4.69) is 24.2 Å². The lowest BCUT2D eigenvalue weighted by Crippen LogP contribution is -2.22. The van der Waals surface area contributed by atoms with Gasteiger partial charge >= 0.3 is 35.8 Å². The van der Waals surface area contributed by atoms with Crippen LogP contribution >= 0.6 is 57.1 Å². The van der Waals surface area contributed by atoms with E-state index in [4.69, 9.17) is 77.4 Å². The smallest absolute Gasteiger partial charge is 0.339 e. The SMILES string of the molecule is CN(C)C(=O)c1cc(Cl)c(O)c(S(=O)(=O)Nc2cc(-c3ccccc3)ccc2C(=O)O)c1.CNC.COC(=O)c1ccc(-c2ccccc2)cc1N.COC(=O)c1ccc(-c2ccccc2)cc1NS(=O)(=O)c1cc(C(=O)N(C)C)cc(Cl)c1O.COC(=O)c1ccc(-c2ccccc2)cc1NS(=O)(=O)c1cc(C(=O)O)cc(Cl)c1O.O=C(O)c1cc(Cl)c(O)c(S(=O)(=O)Cl)c1. The Hall–Kier alpha value is -14.0. The molecule has 0 aliphatic carbocycles. The molecule has 12 rings (SSSR count). The van der Waals surface area contributed by atoms with E-state index in [1.54, 1.807) is 78.9 Å². The van der Waals surface area contributed by atoms with E-state index in [0.717, 1.165) is 77.4 Å². The van der Waals surface area contributed by atoms with Crippen molar-refractivity contribution in [3.05, 3.63) is 307 Å². The summed E-state index contributed by atoms with van der Waals surface area (Å²) in [4.78, 5) is 93.7. The van der Waals surface area contributed by atoms with Crippen molar-refractivity contribution in [3.8, 4) is 67.5 Å². The molecule has 0 bridgehead atoms. The van der Waals surface area contributed by atoms with Gasteiger partial charge in [0.25, 0.3) is 50.9 Å². The van der Waals surface area contributed by atoms with Crippen molar-refractivity contribution in [2.75, 3.05) is 83.5 Å². The molecule has 0 radical (unpaired) electrons. The predicted molar refractivity (Wildman–Crippen MR) is 496 cm³/mol. The number of aromatic carboxylic acids is 3. The lowest BCUT2D eigenvalue weighted by Gasteiger charge is -2.16. The normalized spacial score (nSPS) is 10.8. The number of ether oxygens (including phenoxy) is 3. The molecule has 131 heavy (non-hydrogen) atoms. The molecule has 12 aromatic carbocycles. The molecule has 42 heteroatoms. The summed E-state index contributed by atoms with van der Waals surface area (Å²) in [6, 6.07) is 63.2. The highest BCUT2D eigenvalue weighted by Gasteiger charge is 2.31. The quantitative estimate of drug-likeness (QED) is 0.0130. The fourth-order valence-electron chi connectivity index (χ4n) is 11.5. The van der Waals surface area contributed by atoms with Gasteiger partial charge in [-0.1, -0.05) is 192 Å². The molecular weight excluding hydrogens is 1890 g/mol. The minimum atomic E-state index is -4.54. The molecule has 0 atom stereocenters. The number of phenols is 4. The molecule has 0 spiro atoms. The van der Waals surface area contributed by atoms with Gasteiger partial charge in [0.05, 0.1) is 91.9 Å². The van der Waals surface area contributed by atoms with E-state index in [9.17, 15) is 103 Å². The second kappa shape index (κ2) is 45.8. The molecule has 0 aliphatic heterocycles. The zero-order chi connectivity index (χ0) is 97.5. The summed E-state index contributed by atoms with van der Waals surface area (Å²) in [6.45, 7) is 0. The van der Waals surface area contributed by atoms with Crippen LogP contribution in [-0.4, -0.2) is 190 Å². The van der Waals surface area contributed by atoms with Crippen LogP contribution in [0.1, 0.15) is 82.9 Å². The molecular formula is C89H80Cl5N7O26S4. The van der Waals surface area contributed by atoms with Crippen molar-refractivity contribution in [2.24, 2.45) is 0 Å². The van der Waals surface area contributed by atoms with Gasteiger partial charge in [-0.3, -0.25) is 23.8 Å². The first-order chi connectivity index (χ1) is 61.6. The second-order valence-corrected chi connectivity index (χ2v) is 36.4. The molecule has 0 saturated heterocycles. The monoisotopic (exact) mass is 1970 g/mol. The lowest BCUT2D eigenvalue weighted by molar-refractivity contribution is 0.0593. The van der Waals surface area contributed by atoms with Gasteiger partial charge in [0.15, 0.2) is 23.0 Å². The van der Waals surface area contributed by atoms with E-state index in [1.807, 2.05) is 93.0 Å². The topological polar surface area (TPSA) is 523 Å². The molecule has 2 amide bonds. The number of rotatable bonds is 22. The Kier molecular flexibility index (Phi) is 36.4. The minimum Gasteiger partial charge on any atom is -0.505 e. The highest BCUT2D eigenvalue weighted by molar-refractivity contribution is 8.13. The van der Waals surface area contributed by atoms with Gasteiger partial charge in [-0.2, -0.15) is 0 Å². The summed E-state index contributed by atoms with van der Waals surface area (Å²) >= 11 is 23.2. The summed E-state index contributed by atoms with van der Waals surface area (Å²) < 4.78 is 121. The first-order valence-electron chi connectivity index (χ1n) is 37.2. The van der Waals surface area contributed by atoms with Gasteiger partial charge in [0, 0.05) is 55.7 Å². The van der Waals surface area contributed by atoms with Crippen molar-refractivity contribution in [1.82, 2.24) is 15.1 Å². The minimum absolute atomic E-state index is 0.0330. The van der Waals surface area contributed by atoms with E-state index >= 15 is 0 Å². The number of sulfonamides is 3. The Bertz CT molecular complexity index is 6820. The second-order valence-electron chi connectivity index (χ2n) is 27.3. The fraction of sp³-hybridized carbons (Fsp3) is 0.101. The van der Waals surface area contributed by atoms with Gasteiger partial charge in [-0.25, -0.2) is 62.4 Å². The van der Waals surface area contributed by atoms with Crippen molar-refractivity contribution in [3.63, 3.8) is 0 Å². The zero-order valence-electron chi connectivity index (χ0n) is 70.0. The largest absolute Gasteiger partial charge is 0.505 e. The van der Waals surface area contributed by atoms with Gasteiger partial charge in [0.2, 0.25) is 0 Å². The number of benzene rings is 12. The average Bonchev–Trinajstić information content (AvgIpc) is 0.774. The fourth-order valence-corrected chi connectivity index (χ4v) is 17.2. The Balaban J connectivity index is 0.000000228. The first kappa shape index (κ1) is 104. The summed E-state index contributed by atoms with van der Waals surface area (Å²) in [5.74, 6) is -10.2. The number of carbonyl (C=O) groups excluding carboxylic acids is 5. The number of anilines is 4. The Morgan fingerprint density at radius 1 is 0.321 bits per heavy atom. The number of nitrogens with one attached hydrogen (secondary N) is 4. The number of esters is 3. The summed E-state index contributed by atoms with van der Waals surface area (Å²) in [6.07, 6.45) is 0. The number of carbonyl (C=O) groups is 8. The third-order valence-corrected chi connectivity index (χ3v) is 24.4. The molecule has 12 aromatic rings. The van der Waals surface area contributed by atoms with Crippen LogP contribution < -0.4 is 25.2 Å². The van der Waals surface area contributed by atoms with Crippen LogP contribution in [0, 0.1) is 0 Å². The van der Waals surface area contributed by atoms with Crippen LogP contribution in [0.3, 0.4) is 0 Å². The van der Waals surface area contributed by atoms with E-state index in [1.165, 1.54) is 94.7 Å². The number of phenolic OH excluding ortho intramolecular Hbond substituents is 4. The van der Waals surface area contributed by atoms with Gasteiger partial charge in [0.1, 0.15) is 19.6 Å². The molecule has 0 aliphatic rings. The highest BCUT2D eigenvalue weighted by atomic mass is 35.7. The van der Waals surface area contributed by atoms with Crippen molar-refractivity contribution in [1.29, 1.82) is 0 Å². The molecule has 33 nitrogen and oxygen atoms in total. The standard InChI is InChI=1S/C23H21ClN2O6S.C22H19ClN2O6S.C21H16ClNO7S.C14H13NO2.C7H4Cl2O5S.C2H7N/c1-26(2)22(28)16-11-18(24)21(27)20(13-16)33(30,31)25-19-12-15(14-7-5-4-6-8-14)9-10-17(19)23(29)32-3;1-25(2)21(27)15-10-17(23)20(26)19(12-15)32(30,31)24-18-11-14(8-9-16(18)22(28)29)13-6-4-3-5-7-13;1-30-21(27)15-8-7-13(12-5-3-2-4-6-12)10-17(15)23-31(28,29)18-11-14(20(25)26)9-16(22)19(18)24;1-17-14(16)12-8-7-11(9-13(12)15)10-5-3-2-4-6-10;8-4-1-3(7(11)12)2-5(6(4)10)15(9,13)14;1-3-2/h4-13,25,27H,1-3H3;3-12,24,26H,1-2H3,(H,28,29);2-11,23-24H,1H3,(H,25,26);2-9H,15H2,1H3;1-2,10H,(H,11,12);3H,1-2H3. The molecule has 0 aromatic heterocycles. The van der Waals surface area contributed by atoms with Crippen molar-refractivity contribution < 1.29 is 122 Å². The number of methoxy groups -OCH3 is 3. The van der Waals surface area contributed by atoms with Gasteiger partial charge in [-0.15, -0.1) is 0 Å². The van der Waals surface area contributed by atoms with Crippen LogP contribution in [0.5, 0.6) is 23.0 Å². The number of nitrogens with two attached hydrogens (primary N) is 1. The number of nitrogen functional groups attached to an aromatic ring is 1. The van der Waals surface area contributed by atoms with Crippen molar-refractivity contribution in [2.45, 2.75) is 19.6 Å². The maximum atomic E-state index is 13.2. The van der Waals surface area contributed by atoms with E-state index in [-0.39, 0.29) is 60.5 Å². The van der Waals surface area contributed by atoms with E-state index in [0.29, 0.717) is 27.9 Å². The number of amides is 2. The van der Waals surface area contributed by atoms with Gasteiger partial charge in [-0.05, 0) is 156 Å². The average molecular weight is 1970 g/mol. The number of carboxylic acid groups (broad SMARTS) is 3. The maximum absolute atomic E-state index is 13.2. The Morgan fingerprint density at radius 2 is 0.557 bits per heavy atom. The predicted octanol–water partition coefficient (Wildman–Crippen LogP) is 16.1. The van der Waals surface area contributed by atoms with Crippen LogP contribution in [-0.2, 0) is 53.3 Å². The molecule has 0 saturated carbocycles. The number of hydrogen-bond donors (Lipinski definition) is 12. The molecule has 13 N–H and O–H groups in total. The highest BCUT2D eigenvalue weighted by Crippen LogP contribution is 2.41. The molecule has 686 valence electrons. The lowest BCUT2D eigenvalue weighted by atomic mass is 10.0. The van der Waals surface area contributed by atoms with Crippen molar-refractivity contribution >= 4 is 167 Å².